The lowest BCUT2D eigenvalue weighted by Gasteiger charge is -2.25. The Bertz CT molecular complexity index is 313. The van der Waals surface area contributed by atoms with Crippen LogP contribution in [0.25, 0.3) is 0 Å². The largest absolute Gasteiger partial charge is 0.313 e. The number of hydrogen-bond acceptors (Lipinski definition) is 1. The lowest BCUT2D eigenvalue weighted by molar-refractivity contribution is 0.354. The van der Waals surface area contributed by atoms with Crippen molar-refractivity contribution in [2.45, 2.75) is 45.6 Å². The summed E-state index contributed by atoms with van der Waals surface area (Å²) < 4.78 is 0. The molecule has 0 saturated heterocycles. The minimum atomic E-state index is 0.561. The molecule has 0 aromatic heterocycles. The summed E-state index contributed by atoms with van der Waals surface area (Å²) in [6.07, 6.45) is 5.18. The molecule has 0 heterocycles. The van der Waals surface area contributed by atoms with Crippen LogP contribution in [0.5, 0.6) is 0 Å². The lowest BCUT2D eigenvalue weighted by atomic mass is 9.92. The summed E-state index contributed by atoms with van der Waals surface area (Å²) in [4.78, 5) is 0. The first-order valence-corrected chi connectivity index (χ1v) is 6.52. The van der Waals surface area contributed by atoms with E-state index >= 15 is 0 Å². The fourth-order valence-corrected chi connectivity index (χ4v) is 2.28. The van der Waals surface area contributed by atoms with E-state index in [1.807, 2.05) is 0 Å². The number of rotatable bonds is 6. The predicted octanol–water partition coefficient (Wildman–Crippen LogP) is 3.40. The van der Waals surface area contributed by atoms with Gasteiger partial charge in [-0.3, -0.25) is 0 Å². The second kappa shape index (κ2) is 5.01. The third kappa shape index (κ3) is 2.85. The van der Waals surface area contributed by atoms with Crippen LogP contribution in [0.3, 0.4) is 0 Å². The Labute approximate surface area is 99.3 Å². The van der Waals surface area contributed by atoms with Crippen molar-refractivity contribution in [3.63, 3.8) is 0 Å². The summed E-state index contributed by atoms with van der Waals surface area (Å²) in [6.45, 7) is 5.80. The van der Waals surface area contributed by atoms with E-state index in [9.17, 15) is 0 Å². The van der Waals surface area contributed by atoms with E-state index in [1.54, 1.807) is 0 Å². The zero-order valence-electron chi connectivity index (χ0n) is 10.5. The molecule has 1 atom stereocenters. The van der Waals surface area contributed by atoms with Crippen LogP contribution >= 0.6 is 0 Å². The average Bonchev–Trinajstić information content (AvgIpc) is 3.05. The average molecular weight is 217 g/mol. The number of hydrogen-bond donors (Lipinski definition) is 1. The van der Waals surface area contributed by atoms with Crippen LogP contribution < -0.4 is 5.32 Å². The van der Waals surface area contributed by atoms with Crippen molar-refractivity contribution in [3.8, 4) is 0 Å². The highest BCUT2D eigenvalue weighted by Crippen LogP contribution is 2.48. The first-order valence-electron chi connectivity index (χ1n) is 6.52. The lowest BCUT2D eigenvalue weighted by Crippen LogP contribution is -2.38. The minimum absolute atomic E-state index is 0.561. The van der Waals surface area contributed by atoms with Gasteiger partial charge < -0.3 is 5.32 Å². The fourth-order valence-electron chi connectivity index (χ4n) is 2.28. The van der Waals surface area contributed by atoms with Gasteiger partial charge in [-0.15, -0.1) is 0 Å². The molecule has 0 radical (unpaired) electrons. The van der Waals surface area contributed by atoms with E-state index in [1.165, 1.54) is 31.2 Å². The zero-order chi connectivity index (χ0) is 11.4. The third-order valence-electron chi connectivity index (χ3n) is 3.80. The summed E-state index contributed by atoms with van der Waals surface area (Å²) in [5.74, 6) is 0. The highest BCUT2D eigenvalue weighted by atomic mass is 14.9. The minimum Gasteiger partial charge on any atom is -0.313 e. The molecule has 1 aliphatic carbocycles. The maximum atomic E-state index is 3.72. The molecule has 1 fully saturated rings. The molecule has 0 aliphatic heterocycles. The normalized spacial score (nSPS) is 19.4. The van der Waals surface area contributed by atoms with E-state index in [2.05, 4.69) is 49.5 Å². The molecule has 2 rings (SSSR count). The maximum absolute atomic E-state index is 3.72. The van der Waals surface area contributed by atoms with E-state index in [4.69, 9.17) is 0 Å². The summed E-state index contributed by atoms with van der Waals surface area (Å²) >= 11 is 0. The molecule has 1 N–H and O–H groups in total. The molecule has 0 bridgehead atoms. The quantitative estimate of drug-likeness (QED) is 0.770. The van der Waals surface area contributed by atoms with Crippen molar-refractivity contribution < 1.29 is 0 Å². The van der Waals surface area contributed by atoms with Gasteiger partial charge in [0, 0.05) is 6.04 Å². The van der Waals surface area contributed by atoms with Crippen molar-refractivity contribution in [3.05, 3.63) is 35.9 Å². The number of nitrogens with one attached hydrogen (secondary N) is 1. The molecule has 1 nitrogen and oxygen atoms in total. The molecule has 88 valence electrons. The first-order chi connectivity index (χ1) is 7.74. The Morgan fingerprint density at radius 1 is 1.25 bits per heavy atom. The van der Waals surface area contributed by atoms with Gasteiger partial charge in [-0.25, -0.2) is 0 Å². The highest BCUT2D eigenvalue weighted by Gasteiger charge is 2.44. The summed E-state index contributed by atoms with van der Waals surface area (Å²) in [5, 5.41) is 3.72. The SMILES string of the molecule is CCCNC(Cc1ccccc1)C1(C)CC1. The van der Waals surface area contributed by atoms with Gasteiger partial charge in [0.15, 0.2) is 0 Å². The second-order valence-corrected chi connectivity index (χ2v) is 5.35. The molecule has 0 spiro atoms. The molecule has 0 amide bonds. The van der Waals surface area contributed by atoms with Crippen LogP contribution in [0.2, 0.25) is 0 Å². The second-order valence-electron chi connectivity index (χ2n) is 5.35. The Morgan fingerprint density at radius 2 is 1.94 bits per heavy atom. The topological polar surface area (TPSA) is 12.0 Å². The van der Waals surface area contributed by atoms with Crippen molar-refractivity contribution in [1.82, 2.24) is 5.32 Å². The molecule has 16 heavy (non-hydrogen) atoms. The Hall–Kier alpha value is -0.820. The molecule has 1 aromatic rings. The smallest absolute Gasteiger partial charge is 0.0161 e. The van der Waals surface area contributed by atoms with Gasteiger partial charge in [0.25, 0.3) is 0 Å². The molecule has 1 aromatic carbocycles. The zero-order valence-corrected chi connectivity index (χ0v) is 10.5. The highest BCUT2D eigenvalue weighted by molar-refractivity contribution is 5.17. The molecule has 1 saturated carbocycles. The van der Waals surface area contributed by atoms with Gasteiger partial charge >= 0.3 is 0 Å². The third-order valence-corrected chi connectivity index (χ3v) is 3.80. The first kappa shape index (κ1) is 11.7. The van der Waals surface area contributed by atoms with Gasteiger partial charge in [-0.2, -0.15) is 0 Å². The van der Waals surface area contributed by atoms with Crippen LogP contribution in [-0.4, -0.2) is 12.6 Å². The Morgan fingerprint density at radius 3 is 2.50 bits per heavy atom. The summed E-state index contributed by atoms with van der Waals surface area (Å²) in [5.41, 5.74) is 2.02. The van der Waals surface area contributed by atoms with Crippen LogP contribution in [0.4, 0.5) is 0 Å². The molecular weight excluding hydrogens is 194 g/mol. The molecular formula is C15H23N. The van der Waals surface area contributed by atoms with Crippen molar-refractivity contribution >= 4 is 0 Å². The van der Waals surface area contributed by atoms with Gasteiger partial charge in [0.05, 0.1) is 0 Å². The Kier molecular flexibility index (Phi) is 3.65. The van der Waals surface area contributed by atoms with Crippen molar-refractivity contribution in [2.24, 2.45) is 5.41 Å². The van der Waals surface area contributed by atoms with Crippen LogP contribution in [0.1, 0.15) is 38.7 Å². The van der Waals surface area contributed by atoms with Crippen molar-refractivity contribution in [2.75, 3.05) is 6.54 Å². The standard InChI is InChI=1S/C15H23N/c1-3-11-16-14(15(2)9-10-15)12-13-7-5-4-6-8-13/h4-8,14,16H,3,9-12H2,1-2H3. The van der Waals surface area contributed by atoms with Gasteiger partial charge in [-0.05, 0) is 43.2 Å². The van der Waals surface area contributed by atoms with E-state index in [-0.39, 0.29) is 0 Å². The van der Waals surface area contributed by atoms with E-state index in [0.29, 0.717) is 11.5 Å². The molecule has 1 heteroatoms. The fraction of sp³-hybridized carbons (Fsp3) is 0.600. The van der Waals surface area contributed by atoms with Gasteiger partial charge in [0.1, 0.15) is 0 Å². The Balaban J connectivity index is 1.97. The predicted molar refractivity (Wildman–Crippen MR) is 69.6 cm³/mol. The molecule has 1 aliphatic rings. The van der Waals surface area contributed by atoms with Crippen molar-refractivity contribution in [1.29, 1.82) is 0 Å². The van der Waals surface area contributed by atoms with Gasteiger partial charge in [0.2, 0.25) is 0 Å². The number of benzene rings is 1. The van der Waals surface area contributed by atoms with Gasteiger partial charge in [-0.1, -0.05) is 44.2 Å². The maximum Gasteiger partial charge on any atom is 0.0161 e. The summed E-state index contributed by atoms with van der Waals surface area (Å²) in [7, 11) is 0. The van der Waals surface area contributed by atoms with Crippen LogP contribution in [0, 0.1) is 5.41 Å². The molecule has 1 unspecified atom stereocenters. The summed E-state index contributed by atoms with van der Waals surface area (Å²) in [6, 6.07) is 11.5. The van der Waals surface area contributed by atoms with E-state index < -0.39 is 0 Å². The van der Waals surface area contributed by atoms with E-state index in [0.717, 1.165) is 6.54 Å². The van der Waals surface area contributed by atoms with Crippen LogP contribution in [0.15, 0.2) is 30.3 Å². The monoisotopic (exact) mass is 217 g/mol. The van der Waals surface area contributed by atoms with Crippen LogP contribution in [-0.2, 0) is 6.42 Å².